The molecule has 9 heteroatoms. The van der Waals surface area contributed by atoms with Crippen molar-refractivity contribution in [1.29, 1.82) is 0 Å². The van der Waals surface area contributed by atoms with Gasteiger partial charge < -0.3 is 14.8 Å². The van der Waals surface area contributed by atoms with Crippen LogP contribution in [0.3, 0.4) is 0 Å². The van der Waals surface area contributed by atoms with Gasteiger partial charge >= 0.3 is 0 Å². The molecule has 0 spiro atoms. The third-order valence-electron chi connectivity index (χ3n) is 4.54. The highest BCUT2D eigenvalue weighted by Gasteiger charge is 2.41. The van der Waals surface area contributed by atoms with E-state index in [1.54, 1.807) is 36.4 Å². The van der Waals surface area contributed by atoms with Crippen molar-refractivity contribution >= 4 is 57.3 Å². The van der Waals surface area contributed by atoms with Crippen LogP contribution >= 0.6 is 24.0 Å². The van der Waals surface area contributed by atoms with E-state index in [-0.39, 0.29) is 27.2 Å². The number of aliphatic carboxylic acids is 1. The van der Waals surface area contributed by atoms with Gasteiger partial charge in [0.2, 0.25) is 0 Å². The Morgan fingerprint density at radius 1 is 1.03 bits per heavy atom. The van der Waals surface area contributed by atoms with E-state index in [1.807, 2.05) is 0 Å². The lowest BCUT2D eigenvalue weighted by molar-refractivity contribution is -0.305. The summed E-state index contributed by atoms with van der Waals surface area (Å²) in [7, 11) is 0. The van der Waals surface area contributed by atoms with Gasteiger partial charge in [0.05, 0.1) is 35.2 Å². The summed E-state index contributed by atoms with van der Waals surface area (Å²) in [5.74, 6) is -2.85. The summed E-state index contributed by atoms with van der Waals surface area (Å²) in [5.41, 5.74) is 2.08. The van der Waals surface area contributed by atoms with Gasteiger partial charge in [-0.1, -0.05) is 54.3 Å². The third kappa shape index (κ3) is 3.43. The first-order valence-electron chi connectivity index (χ1n) is 8.50. The second-order valence-corrected chi connectivity index (χ2v) is 8.01. The van der Waals surface area contributed by atoms with Gasteiger partial charge in [-0.05, 0) is 23.8 Å². The summed E-state index contributed by atoms with van der Waals surface area (Å²) in [6.07, 6.45) is 0. The largest absolute Gasteiger partial charge is 0.548 e. The van der Waals surface area contributed by atoms with Crippen LogP contribution in [0.4, 0.5) is 10.1 Å². The Bertz CT molecular complexity index is 1100. The smallest absolute Gasteiger partial charge is 0.267 e. The quantitative estimate of drug-likeness (QED) is 0.546. The van der Waals surface area contributed by atoms with Crippen LogP contribution in [0.25, 0.3) is 5.57 Å². The summed E-state index contributed by atoms with van der Waals surface area (Å²) >= 11 is 6.01. The predicted octanol–water partition coefficient (Wildman–Crippen LogP) is 1.69. The van der Waals surface area contributed by atoms with Crippen molar-refractivity contribution in [3.8, 4) is 0 Å². The maximum atomic E-state index is 13.2. The summed E-state index contributed by atoms with van der Waals surface area (Å²) in [6, 6.07) is 12.8. The molecular weight excluding hydrogens is 415 g/mol. The van der Waals surface area contributed by atoms with Gasteiger partial charge in [0.25, 0.3) is 11.8 Å². The fraction of sp³-hybridized carbons (Fsp3) is 0.100. The SMILES string of the molecule is O=C([O-])CN1C(=O)/C(=C2/C(=O)N(Cc3ccc(F)cc3)c3ccccc32)SC1=S. The van der Waals surface area contributed by atoms with Crippen molar-refractivity contribution in [2.24, 2.45) is 0 Å². The number of hydrogen-bond donors (Lipinski definition) is 0. The second-order valence-electron chi connectivity index (χ2n) is 6.37. The number of hydrogen-bond acceptors (Lipinski definition) is 6. The van der Waals surface area contributed by atoms with Crippen LogP contribution < -0.4 is 10.0 Å². The minimum absolute atomic E-state index is 0.0592. The minimum Gasteiger partial charge on any atom is -0.548 e. The van der Waals surface area contributed by atoms with Crippen LogP contribution in [-0.2, 0) is 20.9 Å². The molecule has 0 bridgehead atoms. The minimum atomic E-state index is -1.44. The zero-order valence-corrected chi connectivity index (χ0v) is 16.4. The first-order chi connectivity index (χ1) is 13.9. The number of amides is 2. The molecule has 0 N–H and O–H groups in total. The van der Waals surface area contributed by atoms with Crippen molar-refractivity contribution in [2.45, 2.75) is 6.54 Å². The van der Waals surface area contributed by atoms with E-state index in [0.717, 1.165) is 22.2 Å². The number of rotatable bonds is 4. The summed E-state index contributed by atoms with van der Waals surface area (Å²) in [4.78, 5) is 39.4. The van der Waals surface area contributed by atoms with Crippen LogP contribution in [0.2, 0.25) is 0 Å². The van der Waals surface area contributed by atoms with E-state index in [4.69, 9.17) is 12.2 Å². The van der Waals surface area contributed by atoms with Gasteiger partial charge in [-0.3, -0.25) is 14.5 Å². The van der Waals surface area contributed by atoms with Gasteiger partial charge in [-0.25, -0.2) is 4.39 Å². The zero-order chi connectivity index (χ0) is 20.7. The number of carboxylic acid groups (broad SMARTS) is 1. The molecule has 4 rings (SSSR count). The Hall–Kier alpha value is -3.04. The average Bonchev–Trinajstić information content (AvgIpc) is 3.11. The molecule has 2 aliphatic rings. The fourth-order valence-electron chi connectivity index (χ4n) is 3.24. The van der Waals surface area contributed by atoms with Crippen molar-refractivity contribution in [2.75, 3.05) is 11.4 Å². The highest BCUT2D eigenvalue weighted by Crippen LogP contribution is 2.44. The molecular formula is C20H12FN2O4S2-. The van der Waals surface area contributed by atoms with Gasteiger partial charge in [-0.2, -0.15) is 0 Å². The summed E-state index contributed by atoms with van der Waals surface area (Å²) in [6.45, 7) is -0.477. The number of nitrogens with zero attached hydrogens (tertiary/aromatic N) is 2. The number of thioether (sulfide) groups is 1. The monoisotopic (exact) mass is 427 g/mol. The molecule has 2 aromatic carbocycles. The number of carboxylic acids is 1. The molecule has 0 atom stereocenters. The third-order valence-corrected chi connectivity index (χ3v) is 5.99. The van der Waals surface area contributed by atoms with Crippen molar-refractivity contribution in [3.05, 3.63) is 70.4 Å². The fourth-order valence-corrected chi connectivity index (χ4v) is 4.57. The lowest BCUT2D eigenvalue weighted by Crippen LogP contribution is -2.40. The number of carbonyl (C=O) groups excluding carboxylic acids is 3. The van der Waals surface area contributed by atoms with E-state index >= 15 is 0 Å². The number of para-hydroxylation sites is 1. The van der Waals surface area contributed by atoms with Gasteiger partial charge in [0.1, 0.15) is 10.1 Å². The van der Waals surface area contributed by atoms with Crippen LogP contribution in [0.15, 0.2) is 53.4 Å². The molecule has 1 fully saturated rings. The normalized spacial score (nSPS) is 18.6. The van der Waals surface area contributed by atoms with Gasteiger partial charge in [0.15, 0.2) is 0 Å². The molecule has 2 amide bonds. The molecule has 6 nitrogen and oxygen atoms in total. The molecule has 2 aromatic rings. The molecule has 146 valence electrons. The number of benzene rings is 2. The average molecular weight is 427 g/mol. The Balaban J connectivity index is 1.76. The Morgan fingerprint density at radius 3 is 2.41 bits per heavy atom. The zero-order valence-electron chi connectivity index (χ0n) is 14.8. The van der Waals surface area contributed by atoms with Gasteiger partial charge in [0, 0.05) is 5.56 Å². The standard InChI is InChI=1S/C20H13FN2O4S2/c21-12-7-5-11(6-8-12)9-22-14-4-2-1-3-13(14)16(18(22)26)17-19(27)23(10-15(24)25)20(28)29-17/h1-8H,9-10H2,(H,24,25)/p-1/b17-16-. The van der Waals surface area contributed by atoms with Crippen molar-refractivity contribution in [3.63, 3.8) is 0 Å². The van der Waals surface area contributed by atoms with Crippen LogP contribution in [0.1, 0.15) is 11.1 Å². The Kier molecular flexibility index (Phi) is 4.93. The number of carbonyl (C=O) groups is 3. The van der Waals surface area contributed by atoms with E-state index < -0.39 is 24.3 Å². The maximum absolute atomic E-state index is 13.2. The van der Waals surface area contributed by atoms with Crippen molar-refractivity contribution < 1.29 is 23.9 Å². The first kappa shape index (κ1) is 19.3. The Morgan fingerprint density at radius 2 is 1.72 bits per heavy atom. The number of fused-ring (bicyclic) bond motifs is 1. The highest BCUT2D eigenvalue weighted by atomic mass is 32.2. The van der Waals surface area contributed by atoms with E-state index in [1.165, 1.54) is 17.0 Å². The van der Waals surface area contributed by atoms with E-state index in [9.17, 15) is 23.9 Å². The molecule has 29 heavy (non-hydrogen) atoms. The predicted molar refractivity (Wildman–Crippen MR) is 108 cm³/mol. The summed E-state index contributed by atoms with van der Waals surface area (Å²) < 4.78 is 13.3. The molecule has 1 saturated heterocycles. The molecule has 2 heterocycles. The van der Waals surface area contributed by atoms with Crippen LogP contribution in [-0.4, -0.2) is 33.5 Å². The molecule has 0 radical (unpaired) electrons. The molecule has 0 aromatic heterocycles. The Labute approximate surface area is 174 Å². The lowest BCUT2D eigenvalue weighted by atomic mass is 10.1. The molecule has 0 unspecified atom stereocenters. The number of anilines is 1. The van der Waals surface area contributed by atoms with Crippen LogP contribution in [0.5, 0.6) is 0 Å². The second kappa shape index (κ2) is 7.41. The number of thiocarbonyl (C=S) groups is 1. The van der Waals surface area contributed by atoms with E-state index in [2.05, 4.69) is 0 Å². The van der Waals surface area contributed by atoms with Gasteiger partial charge in [-0.15, -0.1) is 0 Å². The topological polar surface area (TPSA) is 80.7 Å². The van der Waals surface area contributed by atoms with Crippen LogP contribution in [0, 0.1) is 5.82 Å². The molecule has 0 aliphatic carbocycles. The molecule has 0 saturated carbocycles. The van der Waals surface area contributed by atoms with E-state index in [0.29, 0.717) is 11.3 Å². The number of halogens is 1. The maximum Gasteiger partial charge on any atom is 0.267 e. The lowest BCUT2D eigenvalue weighted by Gasteiger charge is -2.17. The van der Waals surface area contributed by atoms with Crippen molar-refractivity contribution in [1.82, 2.24) is 4.90 Å². The molecule has 2 aliphatic heterocycles. The highest BCUT2D eigenvalue weighted by molar-refractivity contribution is 8.26. The summed E-state index contributed by atoms with van der Waals surface area (Å²) in [5, 5.41) is 10.9. The first-order valence-corrected chi connectivity index (χ1v) is 9.73.